The number of carbonyl (C=O) groups excluding carboxylic acids is 4. The van der Waals surface area contributed by atoms with Crippen molar-refractivity contribution >= 4 is 58.0 Å². The Hall–Kier alpha value is -4.92. The van der Waals surface area contributed by atoms with E-state index in [1.165, 1.54) is 0 Å². The zero-order chi connectivity index (χ0) is 34.6. The summed E-state index contributed by atoms with van der Waals surface area (Å²) >= 11 is 7.85. The molecule has 1 saturated heterocycles. The van der Waals surface area contributed by atoms with Gasteiger partial charge in [0.2, 0.25) is 17.7 Å². The van der Waals surface area contributed by atoms with Crippen molar-refractivity contribution < 1.29 is 24.3 Å². The third kappa shape index (κ3) is 5.79. The lowest BCUT2D eigenvalue weighted by atomic mass is 9.99. The van der Waals surface area contributed by atoms with Crippen LogP contribution in [0.4, 0.5) is 5.69 Å². The van der Waals surface area contributed by atoms with E-state index in [1.807, 2.05) is 35.8 Å². The molecule has 5 heterocycles. The number of anilines is 1. The molecule has 13 nitrogen and oxygen atoms in total. The van der Waals surface area contributed by atoms with Crippen LogP contribution < -0.4 is 16.0 Å². The van der Waals surface area contributed by atoms with Crippen molar-refractivity contribution in [2.45, 2.75) is 58.3 Å². The average molecular weight is 701 g/mol. The number of nitrogens with zero attached hydrogens (tertiary/aromatic N) is 5. The predicted molar refractivity (Wildman–Crippen MR) is 183 cm³/mol. The fraction of sp³-hybridized carbons (Fsp3) is 0.324. The van der Waals surface area contributed by atoms with Crippen molar-refractivity contribution in [2.24, 2.45) is 4.99 Å². The quantitative estimate of drug-likeness (QED) is 0.159. The van der Waals surface area contributed by atoms with Gasteiger partial charge < -0.3 is 15.7 Å². The Morgan fingerprint density at radius 3 is 2.59 bits per heavy atom. The molecule has 2 aromatic carbocycles. The maximum atomic E-state index is 13.5. The van der Waals surface area contributed by atoms with Crippen LogP contribution in [0.3, 0.4) is 0 Å². The van der Waals surface area contributed by atoms with E-state index in [4.69, 9.17) is 16.6 Å². The number of aromatic nitrogens is 3. The van der Waals surface area contributed by atoms with Gasteiger partial charge in [-0.25, -0.2) is 0 Å². The molecule has 3 aliphatic rings. The minimum absolute atomic E-state index is 0.0223. The maximum absolute atomic E-state index is 13.5. The number of hydrogen-bond acceptors (Lipinski definition) is 10. The van der Waals surface area contributed by atoms with Gasteiger partial charge in [0.05, 0.1) is 17.7 Å². The summed E-state index contributed by atoms with van der Waals surface area (Å²) in [6.07, 6.45) is -1.09. The van der Waals surface area contributed by atoms with E-state index in [0.29, 0.717) is 27.9 Å². The number of piperidine rings is 1. The Morgan fingerprint density at radius 1 is 1.06 bits per heavy atom. The molecule has 0 saturated carbocycles. The number of aliphatic imine (C=N–C) groups is 1. The van der Waals surface area contributed by atoms with Gasteiger partial charge in [0.25, 0.3) is 5.91 Å². The van der Waals surface area contributed by atoms with E-state index in [9.17, 15) is 24.3 Å². The summed E-state index contributed by atoms with van der Waals surface area (Å²) in [6, 6.07) is 10.9. The van der Waals surface area contributed by atoms with Gasteiger partial charge >= 0.3 is 0 Å². The smallest absolute Gasteiger partial charge is 0.259 e. The first kappa shape index (κ1) is 32.6. The standard InChI is InChI=1S/C34H33ClN8O5S/c1-16-17(2)49-34-27(16)29(19-7-9-20(35)10-8-19)38-23(30-41-40-18(3)42(30)34)15-26(45)37-14-13-36-22-6-4-5-21-28(22)33(48)43(32(21)47)24-11-12-25(44)39-31(24)46/h4-10,23-24,32,36,47H,11-15H2,1-3H3,(H,37,45)(H,39,44,46)/t23-,24?,32?/m0/s1. The number of nitrogens with one attached hydrogen (secondary N) is 3. The van der Waals surface area contributed by atoms with Crippen molar-refractivity contribution in [2.75, 3.05) is 18.4 Å². The number of rotatable bonds is 8. The number of benzene rings is 2. The third-order valence-electron chi connectivity index (χ3n) is 9.13. The summed E-state index contributed by atoms with van der Waals surface area (Å²) in [6.45, 7) is 6.53. The van der Waals surface area contributed by atoms with Crippen LogP contribution in [0.15, 0.2) is 47.5 Å². The molecular weight excluding hydrogens is 668 g/mol. The van der Waals surface area contributed by atoms with Gasteiger partial charge in [-0.3, -0.25) is 39.0 Å². The Labute approximate surface area is 290 Å². The number of thiophene rings is 1. The number of amides is 4. The Balaban J connectivity index is 1.06. The van der Waals surface area contributed by atoms with Gasteiger partial charge in [0.1, 0.15) is 22.9 Å². The van der Waals surface area contributed by atoms with Crippen molar-refractivity contribution in [3.63, 3.8) is 0 Å². The van der Waals surface area contributed by atoms with Crippen LogP contribution in [0, 0.1) is 20.8 Å². The summed E-state index contributed by atoms with van der Waals surface area (Å²) in [4.78, 5) is 58.4. The summed E-state index contributed by atoms with van der Waals surface area (Å²) in [5, 5.41) is 29.7. The first-order valence-electron chi connectivity index (χ1n) is 15.9. The number of fused-ring (bicyclic) bond motifs is 4. The van der Waals surface area contributed by atoms with Gasteiger partial charge in [-0.15, -0.1) is 21.5 Å². The van der Waals surface area contributed by atoms with Crippen molar-refractivity contribution in [3.05, 3.63) is 91.8 Å². The fourth-order valence-corrected chi connectivity index (χ4v) is 7.94. The maximum Gasteiger partial charge on any atom is 0.259 e. The van der Waals surface area contributed by atoms with Crippen molar-refractivity contribution in [3.8, 4) is 5.00 Å². The second-order valence-electron chi connectivity index (χ2n) is 12.2. The average Bonchev–Trinajstić information content (AvgIpc) is 3.65. The molecule has 15 heteroatoms. The van der Waals surface area contributed by atoms with Crippen molar-refractivity contribution in [1.82, 2.24) is 30.3 Å². The monoisotopic (exact) mass is 700 g/mol. The number of halogens is 1. The summed E-state index contributed by atoms with van der Waals surface area (Å²) in [5.41, 5.74) is 4.80. The molecule has 7 rings (SSSR count). The van der Waals surface area contributed by atoms with E-state index in [-0.39, 0.29) is 43.8 Å². The van der Waals surface area contributed by atoms with E-state index in [2.05, 4.69) is 40.0 Å². The molecule has 3 atom stereocenters. The molecule has 4 N–H and O–H groups in total. The molecule has 2 unspecified atom stereocenters. The van der Waals surface area contributed by atoms with Gasteiger partial charge in [-0.05, 0) is 51.0 Å². The lowest BCUT2D eigenvalue weighted by Crippen LogP contribution is -2.53. The number of imide groups is 1. The predicted octanol–water partition coefficient (Wildman–Crippen LogP) is 3.67. The largest absolute Gasteiger partial charge is 0.383 e. The third-order valence-corrected chi connectivity index (χ3v) is 10.6. The van der Waals surface area contributed by atoms with Crippen LogP contribution in [0.1, 0.15) is 80.7 Å². The van der Waals surface area contributed by atoms with Gasteiger partial charge in [0.15, 0.2) is 12.1 Å². The molecular formula is C34H33ClN8O5S. The number of aliphatic hydroxyl groups excluding tert-OH is 1. The Morgan fingerprint density at radius 2 is 1.84 bits per heavy atom. The molecule has 49 heavy (non-hydrogen) atoms. The molecule has 0 bridgehead atoms. The van der Waals surface area contributed by atoms with Gasteiger partial charge in [-0.1, -0.05) is 35.9 Å². The highest BCUT2D eigenvalue weighted by Gasteiger charge is 2.45. The first-order chi connectivity index (χ1) is 23.5. The van der Waals surface area contributed by atoms with Crippen LogP contribution in [-0.4, -0.2) is 73.2 Å². The molecule has 0 aliphatic carbocycles. The highest BCUT2D eigenvalue weighted by molar-refractivity contribution is 7.15. The molecule has 0 spiro atoms. The SMILES string of the molecule is Cc1sc2c(c1C)C(c1ccc(Cl)cc1)=N[C@@H](CC(=O)NCCNc1cccc3c1C(=O)N(C1CCC(=O)NC1=O)C3O)c1nnc(C)n1-2. The van der Waals surface area contributed by atoms with Crippen LogP contribution in [0.25, 0.3) is 5.00 Å². The summed E-state index contributed by atoms with van der Waals surface area (Å²) in [7, 11) is 0. The van der Waals surface area contributed by atoms with Crippen LogP contribution in [0.2, 0.25) is 5.02 Å². The Bertz CT molecular complexity index is 2060. The second-order valence-corrected chi connectivity index (χ2v) is 13.8. The molecule has 4 amide bonds. The molecule has 3 aliphatic heterocycles. The summed E-state index contributed by atoms with van der Waals surface area (Å²) in [5.74, 6) is -0.493. The topological polar surface area (TPSA) is 171 Å². The lowest BCUT2D eigenvalue weighted by Gasteiger charge is -2.31. The number of aryl methyl sites for hydroxylation is 2. The molecule has 4 aromatic rings. The molecule has 2 aromatic heterocycles. The number of aliphatic hydroxyl groups is 1. The normalized spacial score (nSPS) is 19.9. The number of hydrogen-bond donors (Lipinski definition) is 4. The minimum atomic E-state index is -1.33. The highest BCUT2D eigenvalue weighted by Crippen LogP contribution is 2.40. The highest BCUT2D eigenvalue weighted by atomic mass is 35.5. The van der Waals surface area contributed by atoms with Crippen molar-refractivity contribution in [1.29, 1.82) is 0 Å². The molecule has 1 fully saturated rings. The van der Waals surface area contributed by atoms with E-state index >= 15 is 0 Å². The van der Waals surface area contributed by atoms with E-state index in [0.717, 1.165) is 37.2 Å². The van der Waals surface area contributed by atoms with E-state index < -0.39 is 36.0 Å². The van der Waals surface area contributed by atoms with Gasteiger partial charge in [-0.2, -0.15) is 0 Å². The Kier molecular flexibility index (Phi) is 8.55. The molecule has 0 radical (unpaired) electrons. The van der Waals surface area contributed by atoms with Crippen LogP contribution in [-0.2, 0) is 14.4 Å². The first-order valence-corrected chi connectivity index (χ1v) is 17.1. The fourth-order valence-electron chi connectivity index (χ4n) is 6.60. The van der Waals surface area contributed by atoms with Crippen LogP contribution in [0.5, 0.6) is 0 Å². The zero-order valence-electron chi connectivity index (χ0n) is 26.9. The van der Waals surface area contributed by atoms with E-state index in [1.54, 1.807) is 29.5 Å². The minimum Gasteiger partial charge on any atom is -0.383 e. The molecule has 252 valence electrons. The zero-order valence-corrected chi connectivity index (χ0v) is 28.5. The van der Waals surface area contributed by atoms with Crippen LogP contribution >= 0.6 is 22.9 Å². The summed E-state index contributed by atoms with van der Waals surface area (Å²) < 4.78 is 1.99. The lowest BCUT2D eigenvalue weighted by molar-refractivity contribution is -0.139. The van der Waals surface area contributed by atoms with Gasteiger partial charge in [0, 0.05) is 51.8 Å². The number of carbonyl (C=O) groups is 4. The second kappa shape index (κ2) is 12.8.